The smallest absolute Gasteiger partial charge is 0.308 e. The van der Waals surface area contributed by atoms with Crippen molar-refractivity contribution in [2.24, 2.45) is 5.14 Å². The van der Waals surface area contributed by atoms with E-state index in [1.165, 1.54) is 29.8 Å². The number of rotatable bonds is 3. The number of anilines is 2. The molecule has 7 nitrogen and oxygen atoms in total. The molecule has 1 heterocycles. The van der Waals surface area contributed by atoms with E-state index in [1.807, 2.05) is 6.07 Å². The van der Waals surface area contributed by atoms with Gasteiger partial charge in [-0.15, -0.1) is 0 Å². The number of nitrogens with one attached hydrogen (secondary N) is 2. The number of amides is 2. The number of aromatic nitrogens is 1. The first-order chi connectivity index (χ1) is 10.9. The van der Waals surface area contributed by atoms with Crippen molar-refractivity contribution in [2.75, 3.05) is 10.6 Å². The van der Waals surface area contributed by atoms with Gasteiger partial charge in [0.1, 0.15) is 0 Å². The van der Waals surface area contributed by atoms with Crippen LogP contribution in [0.5, 0.6) is 0 Å². The van der Waals surface area contributed by atoms with Gasteiger partial charge >= 0.3 is 6.03 Å². The number of carbonyl (C=O) groups is 1. The highest BCUT2D eigenvalue weighted by atomic mass is 32.2. The van der Waals surface area contributed by atoms with E-state index in [1.54, 1.807) is 6.20 Å². The van der Waals surface area contributed by atoms with Gasteiger partial charge in [-0.1, -0.05) is 0 Å². The summed E-state index contributed by atoms with van der Waals surface area (Å²) in [5, 5.41) is 10.4. The molecule has 0 saturated carbocycles. The van der Waals surface area contributed by atoms with Crippen LogP contribution in [0.1, 0.15) is 17.7 Å². The Labute approximate surface area is 134 Å². The number of benzene rings is 1. The first-order valence-electron chi connectivity index (χ1n) is 7.10. The molecule has 120 valence electrons. The summed E-state index contributed by atoms with van der Waals surface area (Å²) in [4.78, 5) is 16.3. The zero-order valence-corrected chi connectivity index (χ0v) is 13.1. The summed E-state index contributed by atoms with van der Waals surface area (Å²) in [7, 11) is -3.74. The van der Waals surface area contributed by atoms with Crippen LogP contribution in [0.3, 0.4) is 0 Å². The van der Waals surface area contributed by atoms with Crippen LogP contribution in [-0.2, 0) is 22.9 Å². The monoisotopic (exact) mass is 332 g/mol. The fourth-order valence-corrected chi connectivity index (χ4v) is 3.03. The minimum Gasteiger partial charge on any atom is -0.308 e. The standard InChI is InChI=1S/C15H16N4O3S/c16-23(21,22)13-6-4-11(5-7-13)18-15(20)19-12-8-10-2-1-3-14(10)17-9-12/h4-9H,1-3H2,(H2,16,21,22)(H2,18,19,20). The van der Waals surface area contributed by atoms with Crippen molar-refractivity contribution in [1.82, 2.24) is 4.98 Å². The predicted octanol–water partition coefficient (Wildman–Crippen LogP) is 1.86. The number of pyridine rings is 1. The molecule has 0 fully saturated rings. The van der Waals surface area contributed by atoms with Crippen molar-refractivity contribution in [3.63, 3.8) is 0 Å². The Kier molecular flexibility index (Phi) is 4.01. The van der Waals surface area contributed by atoms with Crippen molar-refractivity contribution >= 4 is 27.4 Å². The Morgan fingerprint density at radius 2 is 1.78 bits per heavy atom. The van der Waals surface area contributed by atoms with Gasteiger partial charge in [-0.25, -0.2) is 18.4 Å². The Morgan fingerprint density at radius 1 is 1.09 bits per heavy atom. The van der Waals surface area contributed by atoms with E-state index < -0.39 is 16.1 Å². The van der Waals surface area contributed by atoms with Gasteiger partial charge in [0.15, 0.2) is 0 Å². The molecule has 2 aromatic rings. The predicted molar refractivity (Wildman–Crippen MR) is 86.7 cm³/mol. The van der Waals surface area contributed by atoms with E-state index in [2.05, 4.69) is 15.6 Å². The number of primary sulfonamides is 1. The van der Waals surface area contributed by atoms with E-state index in [-0.39, 0.29) is 4.90 Å². The maximum absolute atomic E-state index is 12.0. The first kappa shape index (κ1) is 15.4. The Hall–Kier alpha value is -2.45. The first-order valence-corrected chi connectivity index (χ1v) is 8.65. The van der Waals surface area contributed by atoms with Crippen LogP contribution in [0.15, 0.2) is 41.4 Å². The summed E-state index contributed by atoms with van der Waals surface area (Å²) < 4.78 is 22.3. The van der Waals surface area contributed by atoms with Crippen molar-refractivity contribution in [2.45, 2.75) is 24.2 Å². The summed E-state index contributed by atoms with van der Waals surface area (Å²) in [5.74, 6) is 0. The second-order valence-electron chi connectivity index (χ2n) is 5.33. The molecular weight excluding hydrogens is 316 g/mol. The van der Waals surface area contributed by atoms with Crippen molar-refractivity contribution in [3.8, 4) is 0 Å². The van der Waals surface area contributed by atoms with Gasteiger partial charge in [0.25, 0.3) is 0 Å². The minimum atomic E-state index is -3.74. The third-order valence-electron chi connectivity index (χ3n) is 3.62. The van der Waals surface area contributed by atoms with Gasteiger partial charge in [0, 0.05) is 11.4 Å². The maximum atomic E-state index is 12.0. The van der Waals surface area contributed by atoms with Gasteiger partial charge in [-0.05, 0) is 55.2 Å². The number of nitrogens with zero attached hydrogens (tertiary/aromatic N) is 1. The van der Waals surface area contributed by atoms with E-state index in [9.17, 15) is 13.2 Å². The van der Waals surface area contributed by atoms with Crippen LogP contribution < -0.4 is 15.8 Å². The fourth-order valence-electron chi connectivity index (χ4n) is 2.52. The van der Waals surface area contributed by atoms with E-state index in [0.29, 0.717) is 11.4 Å². The molecule has 0 atom stereocenters. The van der Waals surface area contributed by atoms with Gasteiger partial charge in [-0.3, -0.25) is 4.98 Å². The van der Waals surface area contributed by atoms with Crippen LogP contribution in [0.2, 0.25) is 0 Å². The highest BCUT2D eigenvalue weighted by Gasteiger charge is 2.13. The number of urea groups is 1. The van der Waals surface area contributed by atoms with E-state index >= 15 is 0 Å². The minimum absolute atomic E-state index is 0.00807. The molecule has 0 bridgehead atoms. The van der Waals surface area contributed by atoms with Crippen LogP contribution in [0.25, 0.3) is 0 Å². The number of hydrogen-bond acceptors (Lipinski definition) is 4. The molecule has 2 amide bonds. The van der Waals surface area contributed by atoms with Gasteiger partial charge < -0.3 is 10.6 Å². The molecular formula is C15H16N4O3S. The highest BCUT2D eigenvalue weighted by Crippen LogP contribution is 2.22. The third kappa shape index (κ3) is 3.66. The number of hydrogen-bond donors (Lipinski definition) is 3. The SMILES string of the molecule is NS(=O)(=O)c1ccc(NC(=O)Nc2cnc3c(c2)CCC3)cc1. The summed E-state index contributed by atoms with van der Waals surface area (Å²) in [6.07, 6.45) is 4.69. The van der Waals surface area contributed by atoms with Crippen LogP contribution in [-0.4, -0.2) is 19.4 Å². The van der Waals surface area contributed by atoms with Crippen molar-refractivity contribution < 1.29 is 13.2 Å². The van der Waals surface area contributed by atoms with Crippen LogP contribution in [0.4, 0.5) is 16.2 Å². The lowest BCUT2D eigenvalue weighted by atomic mass is 10.2. The molecule has 1 aliphatic rings. The van der Waals surface area contributed by atoms with Gasteiger partial charge in [0.2, 0.25) is 10.0 Å². The molecule has 0 spiro atoms. The molecule has 0 radical (unpaired) electrons. The topological polar surface area (TPSA) is 114 Å². The largest absolute Gasteiger partial charge is 0.323 e. The molecule has 1 aromatic heterocycles. The van der Waals surface area contributed by atoms with E-state index in [0.717, 1.165) is 25.0 Å². The Balaban J connectivity index is 1.65. The number of fused-ring (bicyclic) bond motifs is 1. The summed E-state index contributed by atoms with van der Waals surface area (Å²) in [6.45, 7) is 0. The van der Waals surface area contributed by atoms with Crippen LogP contribution >= 0.6 is 0 Å². The molecule has 0 aliphatic heterocycles. The lowest BCUT2D eigenvalue weighted by Gasteiger charge is -2.09. The summed E-state index contributed by atoms with van der Waals surface area (Å²) in [5.41, 5.74) is 3.35. The zero-order chi connectivity index (χ0) is 16.4. The molecule has 8 heteroatoms. The maximum Gasteiger partial charge on any atom is 0.323 e. The second kappa shape index (κ2) is 5.98. The lowest BCUT2D eigenvalue weighted by molar-refractivity contribution is 0.262. The Bertz CT molecular complexity index is 848. The summed E-state index contributed by atoms with van der Waals surface area (Å²) >= 11 is 0. The fraction of sp³-hybridized carbons (Fsp3) is 0.200. The number of aryl methyl sites for hydroxylation is 2. The van der Waals surface area contributed by atoms with Gasteiger partial charge in [-0.2, -0.15) is 0 Å². The second-order valence-corrected chi connectivity index (χ2v) is 6.89. The zero-order valence-electron chi connectivity index (χ0n) is 12.2. The quantitative estimate of drug-likeness (QED) is 0.796. The lowest BCUT2D eigenvalue weighted by Crippen LogP contribution is -2.20. The van der Waals surface area contributed by atoms with Gasteiger partial charge in [0.05, 0.1) is 16.8 Å². The molecule has 1 aliphatic carbocycles. The highest BCUT2D eigenvalue weighted by molar-refractivity contribution is 7.89. The van der Waals surface area contributed by atoms with Crippen LogP contribution in [0, 0.1) is 0 Å². The number of nitrogens with two attached hydrogens (primary N) is 1. The molecule has 0 saturated heterocycles. The molecule has 0 unspecified atom stereocenters. The molecule has 3 rings (SSSR count). The average molecular weight is 332 g/mol. The number of sulfonamides is 1. The number of carbonyl (C=O) groups excluding carboxylic acids is 1. The summed E-state index contributed by atoms with van der Waals surface area (Å²) in [6, 6.07) is 7.12. The molecule has 23 heavy (non-hydrogen) atoms. The molecule has 4 N–H and O–H groups in total. The van der Waals surface area contributed by atoms with Crippen molar-refractivity contribution in [1.29, 1.82) is 0 Å². The molecule has 1 aromatic carbocycles. The average Bonchev–Trinajstić information content (AvgIpc) is 2.94. The Morgan fingerprint density at radius 3 is 2.48 bits per heavy atom. The normalized spacial score (nSPS) is 13.4. The third-order valence-corrected chi connectivity index (χ3v) is 4.55. The van der Waals surface area contributed by atoms with E-state index in [4.69, 9.17) is 5.14 Å². The van der Waals surface area contributed by atoms with Crippen molar-refractivity contribution in [3.05, 3.63) is 47.8 Å².